The molecule has 0 aliphatic carbocycles. The van der Waals surface area contributed by atoms with Crippen LogP contribution < -0.4 is 10.6 Å². The van der Waals surface area contributed by atoms with Gasteiger partial charge in [-0.2, -0.15) is 0 Å². The predicted molar refractivity (Wildman–Crippen MR) is 60.0 cm³/mol. The Hall–Kier alpha value is -1.46. The Balaban J connectivity index is 2.30. The molecule has 5 heteroatoms. The van der Waals surface area contributed by atoms with Gasteiger partial charge in [0.25, 0.3) is 0 Å². The van der Waals surface area contributed by atoms with Gasteiger partial charge in [-0.05, 0) is 18.6 Å². The van der Waals surface area contributed by atoms with Gasteiger partial charge in [-0.15, -0.1) is 0 Å². The van der Waals surface area contributed by atoms with Gasteiger partial charge in [0.05, 0.1) is 17.4 Å². The second-order valence-corrected chi connectivity index (χ2v) is 3.85. The number of carbonyl (C=O) groups excluding carboxylic acids is 1. The molecule has 0 bridgehead atoms. The fourth-order valence-corrected chi connectivity index (χ4v) is 1.91. The van der Waals surface area contributed by atoms with Crippen molar-refractivity contribution >= 4 is 11.6 Å². The maximum absolute atomic E-state index is 11.9. The number of carbonyl (C=O) groups is 1. The van der Waals surface area contributed by atoms with Crippen LogP contribution in [-0.2, 0) is 11.2 Å². The van der Waals surface area contributed by atoms with Crippen LogP contribution in [0.1, 0.15) is 12.1 Å². The van der Waals surface area contributed by atoms with Gasteiger partial charge in [0.2, 0.25) is 5.91 Å². The van der Waals surface area contributed by atoms with Gasteiger partial charge in [0.15, 0.2) is 0 Å². The third-order valence-electron chi connectivity index (χ3n) is 2.69. The van der Waals surface area contributed by atoms with Gasteiger partial charge >= 0.3 is 0 Å². The molecule has 0 radical (unpaired) electrons. The van der Waals surface area contributed by atoms with E-state index in [1.54, 1.807) is 17.2 Å². The van der Waals surface area contributed by atoms with Crippen LogP contribution in [-0.4, -0.2) is 35.2 Å². The topological polar surface area (TPSA) is 79.4 Å². The normalized spacial score (nSPS) is 19.8. The molecule has 1 amide bonds. The second-order valence-electron chi connectivity index (χ2n) is 3.85. The summed E-state index contributed by atoms with van der Waals surface area (Å²) in [6.45, 7) is 0.552. The summed E-state index contributed by atoms with van der Waals surface area (Å²) in [5.41, 5.74) is 7.44. The van der Waals surface area contributed by atoms with Crippen molar-refractivity contribution in [3.05, 3.63) is 24.0 Å². The van der Waals surface area contributed by atoms with Crippen LogP contribution in [0.5, 0.6) is 0 Å². The zero-order valence-electron chi connectivity index (χ0n) is 8.97. The third-order valence-corrected chi connectivity index (χ3v) is 2.69. The van der Waals surface area contributed by atoms with Crippen molar-refractivity contribution in [3.63, 3.8) is 0 Å². The second kappa shape index (κ2) is 4.59. The third kappa shape index (κ3) is 1.91. The number of hydrogen-bond donors (Lipinski definition) is 2. The highest BCUT2D eigenvalue weighted by Gasteiger charge is 2.30. The molecule has 0 saturated heterocycles. The number of pyridine rings is 1. The number of aliphatic hydroxyl groups excluding tert-OH is 1. The summed E-state index contributed by atoms with van der Waals surface area (Å²) in [6, 6.07) is 3.15. The number of amides is 1. The molecule has 2 rings (SSSR count). The SMILES string of the molecule is NC1Cc2ncccc2N(CCCO)C1=O. The van der Waals surface area contributed by atoms with Gasteiger partial charge in [0, 0.05) is 25.8 Å². The molecule has 0 saturated carbocycles. The first-order valence-electron chi connectivity index (χ1n) is 5.35. The Morgan fingerprint density at radius 1 is 1.62 bits per heavy atom. The number of hydrogen-bond acceptors (Lipinski definition) is 4. The smallest absolute Gasteiger partial charge is 0.244 e. The predicted octanol–water partition coefficient (Wildman–Crippen LogP) is -0.320. The van der Waals surface area contributed by atoms with Crippen molar-refractivity contribution in [1.82, 2.24) is 4.98 Å². The van der Waals surface area contributed by atoms with E-state index in [1.165, 1.54) is 0 Å². The van der Waals surface area contributed by atoms with Crippen molar-refractivity contribution in [2.24, 2.45) is 5.73 Å². The molecule has 16 heavy (non-hydrogen) atoms. The largest absolute Gasteiger partial charge is 0.396 e. The monoisotopic (exact) mass is 221 g/mol. The van der Waals surface area contributed by atoms with E-state index in [2.05, 4.69) is 4.98 Å². The number of anilines is 1. The van der Waals surface area contributed by atoms with Gasteiger partial charge in [0.1, 0.15) is 0 Å². The number of nitrogens with two attached hydrogens (primary N) is 1. The lowest BCUT2D eigenvalue weighted by Gasteiger charge is -2.31. The van der Waals surface area contributed by atoms with Crippen molar-refractivity contribution in [1.29, 1.82) is 0 Å². The Kier molecular flexibility index (Phi) is 3.17. The van der Waals surface area contributed by atoms with E-state index >= 15 is 0 Å². The van der Waals surface area contributed by atoms with Gasteiger partial charge < -0.3 is 15.7 Å². The Morgan fingerprint density at radius 3 is 3.19 bits per heavy atom. The number of rotatable bonds is 3. The van der Waals surface area contributed by atoms with Crippen LogP contribution in [0.3, 0.4) is 0 Å². The van der Waals surface area contributed by atoms with Crippen molar-refractivity contribution in [2.45, 2.75) is 18.9 Å². The molecule has 1 unspecified atom stereocenters. The van der Waals surface area contributed by atoms with Crippen LogP contribution in [0.25, 0.3) is 0 Å². The molecule has 1 aromatic rings. The summed E-state index contributed by atoms with van der Waals surface area (Å²) in [5, 5.41) is 8.81. The first-order valence-corrected chi connectivity index (χ1v) is 5.35. The first kappa shape index (κ1) is 11.0. The van der Waals surface area contributed by atoms with E-state index in [1.807, 2.05) is 6.07 Å². The first-order chi connectivity index (χ1) is 7.74. The van der Waals surface area contributed by atoms with E-state index in [0.717, 1.165) is 11.4 Å². The number of aromatic nitrogens is 1. The number of aliphatic hydroxyl groups is 1. The molecule has 1 atom stereocenters. The van der Waals surface area contributed by atoms with E-state index in [-0.39, 0.29) is 12.5 Å². The molecule has 0 fully saturated rings. The molecule has 0 spiro atoms. The van der Waals surface area contributed by atoms with E-state index in [9.17, 15) is 4.79 Å². The minimum atomic E-state index is -0.513. The quantitative estimate of drug-likeness (QED) is 0.733. The molecule has 1 aliphatic rings. The maximum atomic E-state index is 11.9. The molecule has 86 valence electrons. The lowest BCUT2D eigenvalue weighted by Crippen LogP contribution is -2.49. The minimum Gasteiger partial charge on any atom is -0.396 e. The number of nitrogens with zero attached hydrogens (tertiary/aromatic N) is 2. The van der Waals surface area contributed by atoms with E-state index < -0.39 is 6.04 Å². The zero-order chi connectivity index (χ0) is 11.5. The van der Waals surface area contributed by atoms with Crippen LogP contribution in [0.15, 0.2) is 18.3 Å². The fraction of sp³-hybridized carbons (Fsp3) is 0.455. The van der Waals surface area contributed by atoms with Crippen molar-refractivity contribution < 1.29 is 9.90 Å². The summed E-state index contributed by atoms with van der Waals surface area (Å²) in [4.78, 5) is 17.7. The lowest BCUT2D eigenvalue weighted by atomic mass is 10.0. The molecule has 5 nitrogen and oxygen atoms in total. The molecule has 2 heterocycles. The van der Waals surface area contributed by atoms with Gasteiger partial charge in [-0.3, -0.25) is 9.78 Å². The molecular weight excluding hydrogens is 206 g/mol. The van der Waals surface area contributed by atoms with Crippen LogP contribution >= 0.6 is 0 Å². The highest BCUT2D eigenvalue weighted by Crippen LogP contribution is 2.25. The van der Waals surface area contributed by atoms with Crippen LogP contribution in [0, 0.1) is 0 Å². The summed E-state index contributed by atoms with van der Waals surface area (Å²) >= 11 is 0. The molecule has 1 aromatic heterocycles. The average Bonchev–Trinajstić information content (AvgIpc) is 2.30. The molecule has 3 N–H and O–H groups in total. The minimum absolute atomic E-state index is 0.0641. The van der Waals surface area contributed by atoms with Crippen molar-refractivity contribution in [2.75, 3.05) is 18.1 Å². The average molecular weight is 221 g/mol. The zero-order valence-corrected chi connectivity index (χ0v) is 8.97. The molecular formula is C11H15N3O2. The Labute approximate surface area is 93.9 Å². The summed E-state index contributed by atoms with van der Waals surface area (Å²) < 4.78 is 0. The fourth-order valence-electron chi connectivity index (χ4n) is 1.91. The highest BCUT2D eigenvalue weighted by molar-refractivity contribution is 5.99. The van der Waals surface area contributed by atoms with Crippen LogP contribution in [0.4, 0.5) is 5.69 Å². The van der Waals surface area contributed by atoms with Gasteiger partial charge in [-0.1, -0.05) is 0 Å². The Morgan fingerprint density at radius 2 is 2.44 bits per heavy atom. The summed E-state index contributed by atoms with van der Waals surface area (Å²) in [5.74, 6) is -0.0889. The molecule has 0 aromatic carbocycles. The van der Waals surface area contributed by atoms with Crippen molar-refractivity contribution in [3.8, 4) is 0 Å². The lowest BCUT2D eigenvalue weighted by molar-refractivity contribution is -0.120. The standard InChI is InChI=1S/C11H15N3O2/c12-8-7-9-10(3-1-4-13-9)14(11(8)16)5-2-6-15/h1,3-4,8,15H,2,5-7,12H2. The van der Waals surface area contributed by atoms with Crippen LogP contribution in [0.2, 0.25) is 0 Å². The Bertz CT molecular complexity index is 395. The van der Waals surface area contributed by atoms with E-state index in [0.29, 0.717) is 19.4 Å². The molecule has 1 aliphatic heterocycles. The summed E-state index contributed by atoms with van der Waals surface area (Å²) in [6.07, 6.45) is 2.74. The van der Waals surface area contributed by atoms with Gasteiger partial charge in [-0.25, -0.2) is 0 Å². The number of fused-ring (bicyclic) bond motifs is 1. The summed E-state index contributed by atoms with van der Waals surface area (Å²) in [7, 11) is 0. The van der Waals surface area contributed by atoms with E-state index in [4.69, 9.17) is 10.8 Å². The highest BCUT2D eigenvalue weighted by atomic mass is 16.3. The maximum Gasteiger partial charge on any atom is 0.244 e.